The minimum atomic E-state index is -0.625. The second-order valence-corrected chi connectivity index (χ2v) is 5.38. The first kappa shape index (κ1) is 11.9. The third-order valence-electron chi connectivity index (χ3n) is 4.26. The van der Waals surface area contributed by atoms with Gasteiger partial charge in [-0.05, 0) is 38.1 Å². The standard InChI is InChI=1S/C13H23NO2/c15-13(16)11-7-8-12(11)14-9-3-6-10-4-1-2-5-10/h10-12,14H,1-9H2,(H,15,16). The minimum absolute atomic E-state index is 0.119. The van der Waals surface area contributed by atoms with Crippen molar-refractivity contribution in [2.24, 2.45) is 11.8 Å². The zero-order valence-corrected chi connectivity index (χ0v) is 9.95. The summed E-state index contributed by atoms with van der Waals surface area (Å²) in [4.78, 5) is 10.8. The summed E-state index contributed by atoms with van der Waals surface area (Å²) in [5.41, 5.74) is 0. The largest absolute Gasteiger partial charge is 0.481 e. The lowest BCUT2D eigenvalue weighted by Gasteiger charge is -2.34. The maximum atomic E-state index is 10.8. The van der Waals surface area contributed by atoms with Gasteiger partial charge in [0.15, 0.2) is 0 Å². The normalized spacial score (nSPS) is 30.2. The van der Waals surface area contributed by atoms with Gasteiger partial charge in [0.25, 0.3) is 0 Å². The maximum absolute atomic E-state index is 10.8. The summed E-state index contributed by atoms with van der Waals surface area (Å²) < 4.78 is 0. The number of hydrogen-bond donors (Lipinski definition) is 2. The van der Waals surface area contributed by atoms with Crippen LogP contribution in [0.3, 0.4) is 0 Å². The van der Waals surface area contributed by atoms with Crippen molar-refractivity contribution in [1.29, 1.82) is 0 Å². The van der Waals surface area contributed by atoms with E-state index < -0.39 is 5.97 Å². The van der Waals surface area contributed by atoms with Gasteiger partial charge in [0.05, 0.1) is 5.92 Å². The average Bonchev–Trinajstić information content (AvgIpc) is 2.67. The Morgan fingerprint density at radius 3 is 2.50 bits per heavy atom. The Bertz CT molecular complexity index is 236. The highest BCUT2D eigenvalue weighted by Gasteiger charge is 2.35. The number of carbonyl (C=O) groups is 1. The van der Waals surface area contributed by atoms with E-state index in [1.165, 1.54) is 38.5 Å². The molecule has 0 amide bonds. The topological polar surface area (TPSA) is 49.3 Å². The molecule has 0 aromatic carbocycles. The van der Waals surface area contributed by atoms with E-state index in [1.807, 2.05) is 0 Å². The number of hydrogen-bond acceptors (Lipinski definition) is 2. The first-order valence-electron chi connectivity index (χ1n) is 6.73. The Morgan fingerprint density at radius 2 is 1.94 bits per heavy atom. The molecule has 0 spiro atoms. The van der Waals surface area contributed by atoms with Crippen LogP contribution in [-0.4, -0.2) is 23.7 Å². The lowest BCUT2D eigenvalue weighted by molar-refractivity contribution is -0.146. The van der Waals surface area contributed by atoms with Crippen molar-refractivity contribution in [2.45, 2.75) is 57.4 Å². The van der Waals surface area contributed by atoms with Crippen LogP contribution in [0.15, 0.2) is 0 Å². The number of aliphatic carboxylic acids is 1. The SMILES string of the molecule is O=C(O)C1CCC1NCCCC1CCCC1. The number of rotatable bonds is 6. The zero-order chi connectivity index (χ0) is 11.4. The minimum Gasteiger partial charge on any atom is -0.481 e. The van der Waals surface area contributed by atoms with Crippen molar-refractivity contribution in [1.82, 2.24) is 5.32 Å². The van der Waals surface area contributed by atoms with E-state index in [0.29, 0.717) is 0 Å². The molecule has 2 fully saturated rings. The van der Waals surface area contributed by atoms with Gasteiger partial charge in [-0.15, -0.1) is 0 Å². The van der Waals surface area contributed by atoms with Crippen LogP contribution < -0.4 is 5.32 Å². The predicted octanol–water partition coefficient (Wildman–Crippen LogP) is 2.41. The second-order valence-electron chi connectivity index (χ2n) is 5.38. The van der Waals surface area contributed by atoms with E-state index in [-0.39, 0.29) is 12.0 Å². The van der Waals surface area contributed by atoms with Gasteiger partial charge >= 0.3 is 5.97 Å². The van der Waals surface area contributed by atoms with Crippen molar-refractivity contribution in [2.75, 3.05) is 6.54 Å². The summed E-state index contributed by atoms with van der Waals surface area (Å²) in [6.45, 7) is 1.00. The molecule has 0 radical (unpaired) electrons. The molecule has 0 bridgehead atoms. The number of nitrogens with one attached hydrogen (secondary N) is 1. The molecule has 2 rings (SSSR count). The van der Waals surface area contributed by atoms with E-state index in [2.05, 4.69) is 5.32 Å². The molecule has 2 aliphatic carbocycles. The van der Waals surface area contributed by atoms with E-state index in [0.717, 1.165) is 25.3 Å². The number of carboxylic acid groups (broad SMARTS) is 1. The Morgan fingerprint density at radius 1 is 1.19 bits per heavy atom. The molecule has 2 atom stereocenters. The Kier molecular flexibility index (Phi) is 4.22. The van der Waals surface area contributed by atoms with Crippen LogP contribution in [0.2, 0.25) is 0 Å². The average molecular weight is 225 g/mol. The Hall–Kier alpha value is -0.570. The molecule has 0 aromatic rings. The molecule has 0 heterocycles. The van der Waals surface area contributed by atoms with Gasteiger partial charge in [0.1, 0.15) is 0 Å². The zero-order valence-electron chi connectivity index (χ0n) is 9.95. The first-order chi connectivity index (χ1) is 7.77. The van der Waals surface area contributed by atoms with Crippen LogP contribution in [0, 0.1) is 11.8 Å². The summed E-state index contributed by atoms with van der Waals surface area (Å²) in [6, 6.07) is 0.251. The second kappa shape index (κ2) is 5.67. The summed E-state index contributed by atoms with van der Waals surface area (Å²) >= 11 is 0. The van der Waals surface area contributed by atoms with Crippen molar-refractivity contribution < 1.29 is 9.90 Å². The van der Waals surface area contributed by atoms with E-state index in [9.17, 15) is 4.79 Å². The van der Waals surface area contributed by atoms with Gasteiger partial charge in [-0.2, -0.15) is 0 Å². The highest BCUT2D eigenvalue weighted by molar-refractivity contribution is 5.72. The van der Waals surface area contributed by atoms with Crippen LogP contribution in [-0.2, 0) is 4.79 Å². The first-order valence-corrected chi connectivity index (χ1v) is 6.73. The van der Waals surface area contributed by atoms with Gasteiger partial charge in [0, 0.05) is 6.04 Å². The van der Waals surface area contributed by atoms with E-state index >= 15 is 0 Å². The molecule has 2 N–H and O–H groups in total. The van der Waals surface area contributed by atoms with Crippen LogP contribution in [0.1, 0.15) is 51.4 Å². The van der Waals surface area contributed by atoms with Crippen LogP contribution in [0.25, 0.3) is 0 Å². The molecule has 0 aliphatic heterocycles. The third-order valence-corrected chi connectivity index (χ3v) is 4.26. The Labute approximate surface area is 97.6 Å². The molecule has 2 unspecified atom stereocenters. The monoisotopic (exact) mass is 225 g/mol. The maximum Gasteiger partial charge on any atom is 0.308 e. The molecule has 92 valence electrons. The van der Waals surface area contributed by atoms with Crippen molar-refractivity contribution in [3.8, 4) is 0 Å². The molecule has 2 saturated carbocycles. The van der Waals surface area contributed by atoms with E-state index in [4.69, 9.17) is 5.11 Å². The summed E-state index contributed by atoms with van der Waals surface area (Å²) in [7, 11) is 0. The quantitative estimate of drug-likeness (QED) is 0.682. The fourth-order valence-electron chi connectivity index (χ4n) is 3.02. The lowest BCUT2D eigenvalue weighted by atomic mass is 9.79. The molecular weight excluding hydrogens is 202 g/mol. The summed E-state index contributed by atoms with van der Waals surface area (Å²) in [5, 5.41) is 12.3. The predicted molar refractivity (Wildman–Crippen MR) is 63.3 cm³/mol. The molecule has 3 heteroatoms. The molecule has 2 aliphatic rings. The van der Waals surface area contributed by atoms with Gasteiger partial charge in [-0.3, -0.25) is 4.79 Å². The summed E-state index contributed by atoms with van der Waals surface area (Å²) in [6.07, 6.45) is 10.1. The molecule has 0 aromatic heterocycles. The fraction of sp³-hybridized carbons (Fsp3) is 0.923. The molecule has 0 saturated heterocycles. The number of carboxylic acids is 1. The van der Waals surface area contributed by atoms with Gasteiger partial charge in [-0.25, -0.2) is 0 Å². The molecular formula is C13H23NO2. The highest BCUT2D eigenvalue weighted by Crippen LogP contribution is 2.29. The van der Waals surface area contributed by atoms with Crippen LogP contribution in [0.5, 0.6) is 0 Å². The van der Waals surface area contributed by atoms with Crippen LogP contribution >= 0.6 is 0 Å². The Balaban J connectivity index is 1.53. The van der Waals surface area contributed by atoms with Gasteiger partial charge in [0.2, 0.25) is 0 Å². The van der Waals surface area contributed by atoms with Crippen LogP contribution in [0.4, 0.5) is 0 Å². The van der Waals surface area contributed by atoms with Gasteiger partial charge in [-0.1, -0.05) is 25.7 Å². The third kappa shape index (κ3) is 2.97. The van der Waals surface area contributed by atoms with Crippen molar-refractivity contribution in [3.63, 3.8) is 0 Å². The van der Waals surface area contributed by atoms with E-state index in [1.54, 1.807) is 0 Å². The molecule has 3 nitrogen and oxygen atoms in total. The van der Waals surface area contributed by atoms with Crippen molar-refractivity contribution in [3.05, 3.63) is 0 Å². The van der Waals surface area contributed by atoms with Gasteiger partial charge < -0.3 is 10.4 Å². The summed E-state index contributed by atoms with van der Waals surface area (Å²) in [5.74, 6) is 0.212. The van der Waals surface area contributed by atoms with Crippen molar-refractivity contribution >= 4 is 5.97 Å². The fourth-order valence-corrected chi connectivity index (χ4v) is 3.02. The molecule has 16 heavy (non-hydrogen) atoms. The lowest BCUT2D eigenvalue weighted by Crippen LogP contribution is -2.47. The smallest absolute Gasteiger partial charge is 0.308 e. The highest BCUT2D eigenvalue weighted by atomic mass is 16.4.